The summed E-state index contributed by atoms with van der Waals surface area (Å²) in [5.74, 6) is -0.0289. The highest BCUT2D eigenvalue weighted by molar-refractivity contribution is 9.09. The van der Waals surface area contributed by atoms with Crippen LogP contribution in [0.2, 0.25) is 0 Å². The van der Waals surface area contributed by atoms with Crippen molar-refractivity contribution in [1.82, 2.24) is 0 Å². The largest absolute Gasteiger partial charge is 0.435 e. The molecule has 0 N–H and O–H groups in total. The van der Waals surface area contributed by atoms with Gasteiger partial charge in [-0.15, -0.1) is 11.8 Å². The average Bonchev–Trinajstić information content (AvgIpc) is 2.26. The van der Waals surface area contributed by atoms with Gasteiger partial charge in [0.05, 0.1) is 4.83 Å². The third kappa shape index (κ3) is 4.27. The van der Waals surface area contributed by atoms with Crippen LogP contribution in [0.4, 0.5) is 8.78 Å². The van der Waals surface area contributed by atoms with Crippen molar-refractivity contribution >= 4 is 33.5 Å². The van der Waals surface area contributed by atoms with Crippen LogP contribution in [0.15, 0.2) is 23.1 Å². The molecule has 1 aromatic carbocycles. The molecule has 0 aliphatic rings. The van der Waals surface area contributed by atoms with Gasteiger partial charge >= 0.3 is 6.61 Å². The quantitative estimate of drug-likeness (QED) is 0.604. The molecule has 0 amide bonds. The number of ether oxygens (including phenoxy) is 1. The van der Waals surface area contributed by atoms with Crippen molar-refractivity contribution in [1.29, 1.82) is 0 Å². The number of thioether (sulfide) groups is 1. The molecule has 0 saturated carbocycles. The van der Waals surface area contributed by atoms with E-state index in [0.29, 0.717) is 5.56 Å². The molecule has 1 aromatic rings. The normalized spacial score (nSPS) is 12.6. The van der Waals surface area contributed by atoms with Crippen LogP contribution >= 0.6 is 27.7 Å². The first-order valence-corrected chi connectivity index (χ1v) is 6.86. The van der Waals surface area contributed by atoms with E-state index in [-0.39, 0.29) is 11.5 Å². The summed E-state index contributed by atoms with van der Waals surface area (Å²) in [7, 11) is 0. The lowest BCUT2D eigenvalue weighted by Gasteiger charge is -2.11. The summed E-state index contributed by atoms with van der Waals surface area (Å²) in [6.07, 6.45) is 1.82. The fourth-order valence-corrected chi connectivity index (χ4v) is 2.02. The molecule has 0 heterocycles. The lowest BCUT2D eigenvalue weighted by atomic mass is 10.1. The zero-order chi connectivity index (χ0) is 13.0. The van der Waals surface area contributed by atoms with Crippen LogP contribution in [0.3, 0.4) is 0 Å². The number of rotatable bonds is 5. The Balaban J connectivity index is 3.08. The third-order valence-corrected chi connectivity index (χ3v) is 3.89. The molecule has 0 fully saturated rings. The molecule has 94 valence electrons. The second-order valence-electron chi connectivity index (χ2n) is 3.29. The lowest BCUT2D eigenvalue weighted by molar-refractivity contribution is -0.116. The minimum absolute atomic E-state index is 0.0625. The summed E-state index contributed by atoms with van der Waals surface area (Å²) >= 11 is 4.61. The molecule has 0 radical (unpaired) electrons. The standard InChI is InChI=1S/C11H11BrF2O2S/c1-6(15)10(12)7-3-8(16-11(13)14)5-9(4-7)17-2/h3-5,10-11H,1-2H3. The van der Waals surface area contributed by atoms with Crippen LogP contribution in [0.5, 0.6) is 5.75 Å². The van der Waals surface area contributed by atoms with Gasteiger partial charge in [-0.3, -0.25) is 4.79 Å². The fourth-order valence-electron chi connectivity index (χ4n) is 1.26. The van der Waals surface area contributed by atoms with Crippen molar-refractivity contribution in [3.63, 3.8) is 0 Å². The van der Waals surface area contributed by atoms with Crippen molar-refractivity contribution in [2.75, 3.05) is 6.26 Å². The fraction of sp³-hybridized carbons (Fsp3) is 0.364. The first kappa shape index (κ1) is 14.4. The van der Waals surface area contributed by atoms with Crippen LogP contribution in [0, 0.1) is 0 Å². The molecule has 2 nitrogen and oxygen atoms in total. The zero-order valence-corrected chi connectivity index (χ0v) is 11.6. The van der Waals surface area contributed by atoms with Gasteiger partial charge in [0.15, 0.2) is 0 Å². The number of ketones is 1. The third-order valence-electron chi connectivity index (χ3n) is 2.01. The van der Waals surface area contributed by atoms with Gasteiger partial charge in [-0.05, 0) is 36.9 Å². The summed E-state index contributed by atoms with van der Waals surface area (Å²) in [5.41, 5.74) is 0.611. The highest BCUT2D eigenvalue weighted by atomic mass is 79.9. The maximum absolute atomic E-state index is 12.1. The van der Waals surface area contributed by atoms with Gasteiger partial charge in [0.1, 0.15) is 11.5 Å². The Kier molecular flexibility index (Phi) is 5.39. The van der Waals surface area contributed by atoms with Crippen molar-refractivity contribution in [3.05, 3.63) is 23.8 Å². The first-order chi connectivity index (χ1) is 7.93. The molecule has 0 spiro atoms. The topological polar surface area (TPSA) is 26.3 Å². The Hall–Kier alpha value is -0.620. The Bertz CT molecular complexity index is 412. The summed E-state index contributed by atoms with van der Waals surface area (Å²) in [5, 5.41) is 0. The number of Topliss-reactive ketones (excluding diaryl/α,β-unsaturated/α-hetero) is 1. The predicted octanol–water partition coefficient (Wildman–Crippen LogP) is 4.03. The van der Waals surface area contributed by atoms with Crippen LogP contribution in [-0.4, -0.2) is 18.7 Å². The molecule has 1 rings (SSSR count). The van der Waals surface area contributed by atoms with Gasteiger partial charge in [-0.1, -0.05) is 15.9 Å². The maximum atomic E-state index is 12.1. The number of carbonyl (C=O) groups is 1. The van der Waals surface area contributed by atoms with E-state index in [1.807, 2.05) is 6.26 Å². The number of alkyl halides is 3. The monoisotopic (exact) mass is 324 g/mol. The molecular weight excluding hydrogens is 314 g/mol. The molecular formula is C11H11BrF2O2S. The van der Waals surface area contributed by atoms with Gasteiger partial charge in [0.25, 0.3) is 0 Å². The Labute approximate surface area is 111 Å². The molecule has 0 bridgehead atoms. The molecule has 0 aromatic heterocycles. The molecule has 0 saturated heterocycles. The van der Waals surface area contributed by atoms with E-state index in [1.165, 1.54) is 30.8 Å². The van der Waals surface area contributed by atoms with Crippen molar-refractivity contribution in [2.45, 2.75) is 23.3 Å². The molecule has 1 atom stereocenters. The molecule has 6 heteroatoms. The van der Waals surface area contributed by atoms with E-state index in [1.54, 1.807) is 6.07 Å². The van der Waals surface area contributed by atoms with Gasteiger partial charge < -0.3 is 4.74 Å². The summed E-state index contributed by atoms with van der Waals surface area (Å²) in [6, 6.07) is 4.72. The second kappa shape index (κ2) is 6.35. The highest BCUT2D eigenvalue weighted by Crippen LogP contribution is 2.32. The van der Waals surface area contributed by atoms with E-state index in [9.17, 15) is 13.6 Å². The van der Waals surface area contributed by atoms with Gasteiger partial charge in [-0.25, -0.2) is 0 Å². The first-order valence-electron chi connectivity index (χ1n) is 4.72. The van der Waals surface area contributed by atoms with Crippen LogP contribution in [0.1, 0.15) is 17.3 Å². The predicted molar refractivity (Wildman–Crippen MR) is 67.2 cm³/mol. The minimum atomic E-state index is -2.87. The van der Waals surface area contributed by atoms with E-state index < -0.39 is 11.4 Å². The molecule has 1 unspecified atom stereocenters. The lowest BCUT2D eigenvalue weighted by Crippen LogP contribution is -2.05. The van der Waals surface area contributed by atoms with E-state index in [4.69, 9.17) is 0 Å². The summed E-state index contributed by atoms with van der Waals surface area (Å²) in [6.45, 7) is -1.44. The average molecular weight is 325 g/mol. The minimum Gasteiger partial charge on any atom is -0.435 e. The van der Waals surface area contributed by atoms with Crippen molar-refractivity contribution in [3.8, 4) is 5.75 Å². The summed E-state index contributed by atoms with van der Waals surface area (Å²) in [4.78, 5) is 11.5. The number of hydrogen-bond acceptors (Lipinski definition) is 3. The highest BCUT2D eigenvalue weighted by Gasteiger charge is 2.15. The van der Waals surface area contributed by atoms with Gasteiger partial charge in [0.2, 0.25) is 0 Å². The SMILES string of the molecule is CSc1cc(OC(F)F)cc(C(Br)C(C)=O)c1. The zero-order valence-electron chi connectivity index (χ0n) is 9.25. The maximum Gasteiger partial charge on any atom is 0.387 e. The number of hydrogen-bond donors (Lipinski definition) is 0. The Morgan fingerprint density at radius 3 is 2.53 bits per heavy atom. The van der Waals surface area contributed by atoms with Gasteiger partial charge in [0, 0.05) is 4.90 Å². The van der Waals surface area contributed by atoms with E-state index in [0.717, 1.165) is 4.90 Å². The second-order valence-corrected chi connectivity index (χ2v) is 5.09. The Morgan fingerprint density at radius 2 is 2.06 bits per heavy atom. The van der Waals surface area contributed by atoms with E-state index >= 15 is 0 Å². The van der Waals surface area contributed by atoms with Gasteiger partial charge in [-0.2, -0.15) is 8.78 Å². The Morgan fingerprint density at radius 1 is 1.41 bits per heavy atom. The van der Waals surface area contributed by atoms with Crippen LogP contribution in [0.25, 0.3) is 0 Å². The molecule has 0 aliphatic heterocycles. The molecule has 17 heavy (non-hydrogen) atoms. The number of halogens is 3. The smallest absolute Gasteiger partial charge is 0.387 e. The van der Waals surface area contributed by atoms with Crippen molar-refractivity contribution in [2.24, 2.45) is 0 Å². The van der Waals surface area contributed by atoms with Crippen LogP contribution < -0.4 is 4.74 Å². The summed E-state index contributed by atoms with van der Waals surface area (Å²) < 4.78 is 28.6. The molecule has 0 aliphatic carbocycles. The number of benzene rings is 1. The number of carbonyl (C=O) groups excluding carboxylic acids is 1. The van der Waals surface area contributed by atoms with Crippen molar-refractivity contribution < 1.29 is 18.3 Å². The van der Waals surface area contributed by atoms with Crippen LogP contribution in [-0.2, 0) is 4.79 Å². The van der Waals surface area contributed by atoms with E-state index in [2.05, 4.69) is 20.7 Å².